The molecule has 2 saturated heterocycles. The first-order valence-electron chi connectivity index (χ1n) is 10.8. The second-order valence-corrected chi connectivity index (χ2v) is 9.00. The fourth-order valence-electron chi connectivity index (χ4n) is 5.06. The summed E-state index contributed by atoms with van der Waals surface area (Å²) in [5.74, 6) is 1.60. The van der Waals surface area contributed by atoms with Crippen LogP contribution in [0.5, 0.6) is 0 Å². The number of hydrogen-bond acceptors (Lipinski definition) is 4. The van der Waals surface area contributed by atoms with Crippen molar-refractivity contribution in [3.8, 4) is 6.07 Å². The molecule has 0 unspecified atom stereocenters. The number of pyridine rings is 1. The molecule has 0 aliphatic carbocycles. The molecule has 1 aromatic carbocycles. The molecule has 2 atom stereocenters. The number of nitrogens with zero attached hydrogens (tertiary/aromatic N) is 4. The number of carbonyl (C=O) groups is 1. The molecule has 2 aromatic rings. The average molecular weight is 391 g/mol. The highest BCUT2D eigenvalue weighted by atomic mass is 16.2. The van der Waals surface area contributed by atoms with Crippen LogP contribution >= 0.6 is 0 Å². The Labute approximate surface area is 173 Å². The standard InChI is InChI=1S/C24H30N4O/c1-17-12-20(21-6-5-19(14-25)24-22(21)4-3-9-26-24)16-28(15-17)23(29)13-18-7-10-27(2)11-8-18/h3-6,9,17-18,20H,7-8,10-13,15-16H2,1-2H3/t17-,20+/m1/s1. The molecule has 0 saturated carbocycles. The maximum atomic E-state index is 13.1. The van der Waals surface area contributed by atoms with Crippen LogP contribution < -0.4 is 0 Å². The van der Waals surface area contributed by atoms with E-state index in [1.165, 1.54) is 5.56 Å². The summed E-state index contributed by atoms with van der Waals surface area (Å²) in [5, 5.41) is 10.5. The maximum Gasteiger partial charge on any atom is 0.222 e. The van der Waals surface area contributed by atoms with E-state index in [1.54, 1.807) is 6.20 Å². The van der Waals surface area contributed by atoms with Crippen LogP contribution in [0.3, 0.4) is 0 Å². The number of rotatable bonds is 3. The molecule has 2 aliphatic heterocycles. The number of carbonyl (C=O) groups excluding carboxylic acids is 1. The van der Waals surface area contributed by atoms with Crippen molar-refractivity contribution in [2.75, 3.05) is 33.2 Å². The van der Waals surface area contributed by atoms with Gasteiger partial charge in [0, 0.05) is 37.0 Å². The summed E-state index contributed by atoms with van der Waals surface area (Å²) in [7, 11) is 2.16. The highest BCUT2D eigenvalue weighted by Crippen LogP contribution is 2.35. The second-order valence-electron chi connectivity index (χ2n) is 9.00. The molecule has 1 aromatic heterocycles. The average Bonchev–Trinajstić information content (AvgIpc) is 2.74. The van der Waals surface area contributed by atoms with Crippen LogP contribution in [-0.2, 0) is 4.79 Å². The highest BCUT2D eigenvalue weighted by molar-refractivity contribution is 5.87. The Morgan fingerprint density at radius 1 is 1.24 bits per heavy atom. The van der Waals surface area contributed by atoms with E-state index in [-0.39, 0.29) is 0 Å². The summed E-state index contributed by atoms with van der Waals surface area (Å²) in [6.07, 6.45) is 5.74. The van der Waals surface area contributed by atoms with E-state index in [9.17, 15) is 10.1 Å². The van der Waals surface area contributed by atoms with Gasteiger partial charge in [0.2, 0.25) is 5.91 Å². The Morgan fingerprint density at radius 3 is 2.79 bits per heavy atom. The molecule has 5 nitrogen and oxygen atoms in total. The Balaban J connectivity index is 1.53. The molecule has 0 N–H and O–H groups in total. The van der Waals surface area contributed by atoms with Crippen molar-refractivity contribution in [3.05, 3.63) is 41.6 Å². The lowest BCUT2D eigenvalue weighted by Gasteiger charge is -2.38. The SMILES string of the molecule is C[C@@H]1C[C@H](c2ccc(C#N)c3ncccc23)CN(C(=O)CC2CCN(C)CC2)C1. The Hall–Kier alpha value is -2.45. The molecule has 152 valence electrons. The third-order valence-corrected chi connectivity index (χ3v) is 6.68. The summed E-state index contributed by atoms with van der Waals surface area (Å²) >= 11 is 0. The maximum absolute atomic E-state index is 13.1. The van der Waals surface area contributed by atoms with E-state index in [1.807, 2.05) is 12.1 Å². The van der Waals surface area contributed by atoms with Gasteiger partial charge in [0.15, 0.2) is 0 Å². The minimum absolute atomic E-state index is 0.291. The van der Waals surface area contributed by atoms with Crippen molar-refractivity contribution >= 4 is 16.8 Å². The van der Waals surface area contributed by atoms with Gasteiger partial charge >= 0.3 is 0 Å². The number of aromatic nitrogens is 1. The fourth-order valence-corrected chi connectivity index (χ4v) is 5.06. The molecular formula is C24H30N4O. The predicted octanol–water partition coefficient (Wildman–Crippen LogP) is 3.79. The number of piperidine rings is 2. The molecule has 2 fully saturated rings. The molecule has 4 rings (SSSR count). The Morgan fingerprint density at radius 2 is 2.03 bits per heavy atom. The van der Waals surface area contributed by atoms with Crippen LogP contribution in [0.2, 0.25) is 0 Å². The van der Waals surface area contributed by atoms with Gasteiger partial charge in [-0.2, -0.15) is 5.26 Å². The Bertz CT molecular complexity index is 926. The van der Waals surface area contributed by atoms with Crippen molar-refractivity contribution in [2.45, 2.75) is 38.5 Å². The first kappa shape index (κ1) is 19.8. The number of hydrogen-bond donors (Lipinski definition) is 0. The van der Waals surface area contributed by atoms with Crippen LogP contribution in [0.4, 0.5) is 0 Å². The van der Waals surface area contributed by atoms with Crippen LogP contribution in [0.15, 0.2) is 30.5 Å². The molecule has 29 heavy (non-hydrogen) atoms. The zero-order valence-electron chi connectivity index (χ0n) is 17.5. The van der Waals surface area contributed by atoms with Gasteiger partial charge in [-0.15, -0.1) is 0 Å². The van der Waals surface area contributed by atoms with Crippen molar-refractivity contribution in [2.24, 2.45) is 11.8 Å². The molecule has 3 heterocycles. The molecular weight excluding hydrogens is 360 g/mol. The van der Waals surface area contributed by atoms with E-state index in [4.69, 9.17) is 0 Å². The van der Waals surface area contributed by atoms with Crippen molar-refractivity contribution in [1.29, 1.82) is 5.26 Å². The first-order valence-corrected chi connectivity index (χ1v) is 10.8. The first-order chi connectivity index (χ1) is 14.0. The van der Waals surface area contributed by atoms with Gasteiger partial charge < -0.3 is 9.80 Å². The summed E-state index contributed by atoms with van der Waals surface area (Å²) in [5.41, 5.74) is 2.61. The smallest absolute Gasteiger partial charge is 0.222 e. The summed E-state index contributed by atoms with van der Waals surface area (Å²) in [6, 6.07) is 10.2. The number of amides is 1. The van der Waals surface area contributed by atoms with Crippen molar-refractivity contribution in [1.82, 2.24) is 14.8 Å². The number of nitriles is 1. The molecule has 2 aliphatic rings. The number of benzene rings is 1. The van der Waals surface area contributed by atoms with E-state index in [2.05, 4.69) is 47.0 Å². The third kappa shape index (κ3) is 4.28. The van der Waals surface area contributed by atoms with E-state index in [0.29, 0.717) is 35.6 Å². The van der Waals surface area contributed by atoms with Crippen molar-refractivity contribution in [3.63, 3.8) is 0 Å². The lowest BCUT2D eigenvalue weighted by molar-refractivity contribution is -0.134. The van der Waals surface area contributed by atoms with Crippen LogP contribution in [-0.4, -0.2) is 53.9 Å². The topological polar surface area (TPSA) is 60.2 Å². The third-order valence-electron chi connectivity index (χ3n) is 6.68. The molecule has 0 radical (unpaired) electrons. The predicted molar refractivity (Wildman–Crippen MR) is 114 cm³/mol. The lowest BCUT2D eigenvalue weighted by Crippen LogP contribution is -2.43. The van der Waals surface area contributed by atoms with Gasteiger partial charge in [0.05, 0.1) is 11.1 Å². The van der Waals surface area contributed by atoms with Gasteiger partial charge in [-0.05, 0) is 68.9 Å². The number of likely N-dealkylation sites (tertiary alicyclic amines) is 2. The van der Waals surface area contributed by atoms with Gasteiger partial charge in [-0.1, -0.05) is 19.1 Å². The van der Waals surface area contributed by atoms with Crippen LogP contribution in [0.25, 0.3) is 10.9 Å². The minimum Gasteiger partial charge on any atom is -0.342 e. The lowest BCUT2D eigenvalue weighted by atomic mass is 9.83. The van der Waals surface area contributed by atoms with Gasteiger partial charge in [0.1, 0.15) is 6.07 Å². The quantitative estimate of drug-likeness (QED) is 0.800. The normalized spacial score (nSPS) is 23.8. The molecule has 1 amide bonds. The Kier molecular flexibility index (Phi) is 5.82. The van der Waals surface area contributed by atoms with E-state index >= 15 is 0 Å². The zero-order valence-corrected chi connectivity index (χ0v) is 17.5. The summed E-state index contributed by atoms with van der Waals surface area (Å²) in [6.45, 7) is 6.06. The monoisotopic (exact) mass is 390 g/mol. The fraction of sp³-hybridized carbons (Fsp3) is 0.542. The minimum atomic E-state index is 0.291. The zero-order chi connectivity index (χ0) is 20.4. The van der Waals surface area contributed by atoms with Gasteiger partial charge in [-0.25, -0.2) is 0 Å². The summed E-state index contributed by atoms with van der Waals surface area (Å²) in [4.78, 5) is 22.0. The van der Waals surface area contributed by atoms with Crippen LogP contribution in [0.1, 0.15) is 49.7 Å². The molecule has 0 spiro atoms. The summed E-state index contributed by atoms with van der Waals surface area (Å²) < 4.78 is 0. The molecule has 5 heteroatoms. The van der Waals surface area contributed by atoms with Crippen molar-refractivity contribution < 1.29 is 4.79 Å². The second kappa shape index (κ2) is 8.51. The molecule has 0 bridgehead atoms. The highest BCUT2D eigenvalue weighted by Gasteiger charge is 2.31. The number of fused-ring (bicyclic) bond motifs is 1. The largest absolute Gasteiger partial charge is 0.342 e. The van der Waals surface area contributed by atoms with Crippen LogP contribution in [0, 0.1) is 23.2 Å². The van der Waals surface area contributed by atoms with E-state index < -0.39 is 0 Å². The van der Waals surface area contributed by atoms with Gasteiger partial charge in [-0.3, -0.25) is 9.78 Å². The van der Waals surface area contributed by atoms with E-state index in [0.717, 1.165) is 56.3 Å². The van der Waals surface area contributed by atoms with Gasteiger partial charge in [0.25, 0.3) is 0 Å².